The third-order valence-electron chi connectivity index (χ3n) is 2.98. The average Bonchev–Trinajstić information content (AvgIpc) is 2.93. The number of hydrogen-bond donors (Lipinski definition) is 1. The highest BCUT2D eigenvalue weighted by atomic mass is 35.5. The summed E-state index contributed by atoms with van der Waals surface area (Å²) in [5.41, 5.74) is 2.22. The molecule has 7 heteroatoms. The molecule has 0 aliphatic rings. The Labute approximate surface area is 128 Å². The molecule has 0 fully saturated rings. The first-order valence-electron chi connectivity index (χ1n) is 6.04. The highest BCUT2D eigenvalue weighted by molar-refractivity contribution is 7.00. The second-order valence-electron chi connectivity index (χ2n) is 4.49. The monoisotopic (exact) mass is 321 g/mol. The van der Waals surface area contributed by atoms with Crippen LogP contribution in [-0.2, 0) is 0 Å². The zero-order chi connectivity index (χ0) is 15.0. The molecule has 0 radical (unpaired) electrons. The predicted octanol–water partition coefficient (Wildman–Crippen LogP) is 4.04. The number of carbonyl (C=O) groups is 1. The third-order valence-corrected chi connectivity index (χ3v) is 3.84. The SMILES string of the molecule is Cc1ccc(F)c(C(=O)Nc2c(Cl)ccc3nsnc23)c1. The summed E-state index contributed by atoms with van der Waals surface area (Å²) in [5.74, 6) is -1.16. The number of aromatic nitrogens is 2. The number of aryl methyl sites for hydroxylation is 1. The lowest BCUT2D eigenvalue weighted by molar-refractivity contribution is 0.102. The molecule has 0 unspecified atom stereocenters. The molecule has 106 valence electrons. The molecular weight excluding hydrogens is 313 g/mol. The molecule has 0 saturated heterocycles. The molecule has 0 aliphatic carbocycles. The van der Waals surface area contributed by atoms with E-state index in [2.05, 4.69) is 14.1 Å². The van der Waals surface area contributed by atoms with Crippen molar-refractivity contribution in [1.29, 1.82) is 0 Å². The number of benzene rings is 2. The summed E-state index contributed by atoms with van der Waals surface area (Å²) < 4.78 is 21.9. The summed E-state index contributed by atoms with van der Waals surface area (Å²) in [5, 5.41) is 2.95. The zero-order valence-electron chi connectivity index (χ0n) is 10.9. The zero-order valence-corrected chi connectivity index (χ0v) is 12.4. The summed E-state index contributed by atoms with van der Waals surface area (Å²) in [6.45, 7) is 1.79. The van der Waals surface area contributed by atoms with Gasteiger partial charge in [-0.05, 0) is 31.2 Å². The maximum Gasteiger partial charge on any atom is 0.258 e. The van der Waals surface area contributed by atoms with Gasteiger partial charge in [0.25, 0.3) is 5.91 Å². The van der Waals surface area contributed by atoms with Gasteiger partial charge >= 0.3 is 0 Å². The van der Waals surface area contributed by atoms with Crippen LogP contribution in [-0.4, -0.2) is 14.7 Å². The molecule has 1 N–H and O–H groups in total. The number of halogens is 2. The van der Waals surface area contributed by atoms with Crippen LogP contribution in [0.15, 0.2) is 30.3 Å². The van der Waals surface area contributed by atoms with Gasteiger partial charge in [0, 0.05) is 0 Å². The van der Waals surface area contributed by atoms with Gasteiger partial charge in [0.05, 0.1) is 28.0 Å². The van der Waals surface area contributed by atoms with Gasteiger partial charge in [-0.1, -0.05) is 23.2 Å². The summed E-state index contributed by atoms with van der Waals surface area (Å²) in [6, 6.07) is 7.68. The number of anilines is 1. The molecule has 3 rings (SSSR count). The standard InChI is InChI=1S/C14H9ClFN3OS/c1-7-2-4-10(16)8(6-7)14(20)17-12-9(15)3-5-11-13(12)19-21-18-11/h2-6H,1H3,(H,17,20). The number of nitrogens with one attached hydrogen (secondary N) is 1. The number of nitrogens with zero attached hydrogens (tertiary/aromatic N) is 2. The van der Waals surface area contributed by atoms with Gasteiger partial charge in [-0.15, -0.1) is 0 Å². The van der Waals surface area contributed by atoms with E-state index in [1.807, 2.05) is 0 Å². The molecule has 0 spiro atoms. The van der Waals surface area contributed by atoms with Gasteiger partial charge in [0.1, 0.15) is 16.9 Å². The third kappa shape index (κ3) is 2.59. The first-order valence-corrected chi connectivity index (χ1v) is 7.15. The van der Waals surface area contributed by atoms with Gasteiger partial charge in [-0.2, -0.15) is 8.75 Å². The van der Waals surface area contributed by atoms with E-state index in [9.17, 15) is 9.18 Å². The molecule has 21 heavy (non-hydrogen) atoms. The van der Waals surface area contributed by atoms with Gasteiger partial charge in [0.2, 0.25) is 0 Å². The van der Waals surface area contributed by atoms with Crippen molar-refractivity contribution in [2.75, 3.05) is 5.32 Å². The molecule has 0 bridgehead atoms. The van der Waals surface area contributed by atoms with Gasteiger partial charge in [0.15, 0.2) is 0 Å². The molecule has 1 heterocycles. The van der Waals surface area contributed by atoms with E-state index in [4.69, 9.17) is 11.6 Å². The van der Waals surface area contributed by atoms with E-state index in [0.29, 0.717) is 21.7 Å². The Morgan fingerprint density at radius 3 is 2.90 bits per heavy atom. The van der Waals surface area contributed by atoms with E-state index >= 15 is 0 Å². The van der Waals surface area contributed by atoms with Crippen LogP contribution in [0.3, 0.4) is 0 Å². The van der Waals surface area contributed by atoms with Crippen molar-refractivity contribution < 1.29 is 9.18 Å². The van der Waals surface area contributed by atoms with E-state index in [1.54, 1.807) is 25.1 Å². The van der Waals surface area contributed by atoms with Crippen LogP contribution in [0.4, 0.5) is 10.1 Å². The van der Waals surface area contributed by atoms with Crippen molar-refractivity contribution in [3.8, 4) is 0 Å². The van der Waals surface area contributed by atoms with Crippen molar-refractivity contribution in [1.82, 2.24) is 8.75 Å². The highest BCUT2D eigenvalue weighted by Gasteiger charge is 2.16. The minimum absolute atomic E-state index is 0.0359. The summed E-state index contributed by atoms with van der Waals surface area (Å²) >= 11 is 7.11. The van der Waals surface area contributed by atoms with Crippen molar-refractivity contribution in [3.05, 3.63) is 52.3 Å². The van der Waals surface area contributed by atoms with Crippen LogP contribution in [0.2, 0.25) is 5.02 Å². The lowest BCUT2D eigenvalue weighted by atomic mass is 10.1. The van der Waals surface area contributed by atoms with Crippen molar-refractivity contribution in [2.45, 2.75) is 6.92 Å². The number of hydrogen-bond acceptors (Lipinski definition) is 4. The quantitative estimate of drug-likeness (QED) is 0.775. The Hall–Kier alpha value is -2.05. The maximum absolute atomic E-state index is 13.8. The lowest BCUT2D eigenvalue weighted by Crippen LogP contribution is -2.14. The molecule has 0 aliphatic heterocycles. The second kappa shape index (κ2) is 5.38. The fraction of sp³-hybridized carbons (Fsp3) is 0.0714. The van der Waals surface area contributed by atoms with E-state index < -0.39 is 11.7 Å². The van der Waals surface area contributed by atoms with Crippen LogP contribution in [0.5, 0.6) is 0 Å². The van der Waals surface area contributed by atoms with Crippen molar-refractivity contribution >= 4 is 46.0 Å². The molecule has 1 amide bonds. The second-order valence-corrected chi connectivity index (χ2v) is 5.43. The molecule has 0 saturated carbocycles. The van der Waals surface area contributed by atoms with Crippen LogP contribution >= 0.6 is 23.3 Å². The topological polar surface area (TPSA) is 54.9 Å². The average molecular weight is 322 g/mol. The highest BCUT2D eigenvalue weighted by Crippen LogP contribution is 2.30. The Bertz CT molecular complexity index is 849. The fourth-order valence-electron chi connectivity index (χ4n) is 1.94. The summed E-state index contributed by atoms with van der Waals surface area (Å²) in [4.78, 5) is 12.3. The van der Waals surface area contributed by atoms with E-state index in [1.165, 1.54) is 12.1 Å². The largest absolute Gasteiger partial charge is 0.319 e. The molecule has 3 aromatic rings. The number of rotatable bonds is 2. The minimum atomic E-state index is -0.585. The molecule has 0 atom stereocenters. The van der Waals surface area contributed by atoms with Crippen LogP contribution in [0.1, 0.15) is 15.9 Å². The number of carbonyl (C=O) groups excluding carboxylic acids is 1. The van der Waals surface area contributed by atoms with Gasteiger partial charge in [-0.25, -0.2) is 4.39 Å². The fourth-order valence-corrected chi connectivity index (χ4v) is 2.68. The van der Waals surface area contributed by atoms with Crippen LogP contribution in [0.25, 0.3) is 11.0 Å². The molecule has 2 aromatic carbocycles. The Morgan fingerprint density at radius 2 is 2.10 bits per heavy atom. The Morgan fingerprint density at radius 1 is 1.29 bits per heavy atom. The van der Waals surface area contributed by atoms with E-state index in [0.717, 1.165) is 17.3 Å². The maximum atomic E-state index is 13.8. The molecular formula is C14H9ClFN3OS. The summed E-state index contributed by atoms with van der Waals surface area (Å²) in [6.07, 6.45) is 0. The lowest BCUT2D eigenvalue weighted by Gasteiger charge is -2.09. The minimum Gasteiger partial charge on any atom is -0.319 e. The van der Waals surface area contributed by atoms with Crippen molar-refractivity contribution in [2.24, 2.45) is 0 Å². The molecule has 4 nitrogen and oxygen atoms in total. The Balaban J connectivity index is 2.02. The first-order chi connectivity index (χ1) is 10.1. The van der Waals surface area contributed by atoms with Gasteiger partial charge in [-0.3, -0.25) is 4.79 Å². The predicted molar refractivity (Wildman–Crippen MR) is 81.5 cm³/mol. The normalized spacial score (nSPS) is 10.8. The van der Waals surface area contributed by atoms with Crippen LogP contribution < -0.4 is 5.32 Å². The Kier molecular flexibility index (Phi) is 3.57. The molecule has 1 aromatic heterocycles. The van der Waals surface area contributed by atoms with Crippen molar-refractivity contribution in [3.63, 3.8) is 0 Å². The number of fused-ring (bicyclic) bond motifs is 1. The first kappa shape index (κ1) is 13.9. The summed E-state index contributed by atoms with van der Waals surface area (Å²) in [7, 11) is 0. The smallest absolute Gasteiger partial charge is 0.258 e. The van der Waals surface area contributed by atoms with Gasteiger partial charge < -0.3 is 5.32 Å². The van der Waals surface area contributed by atoms with Crippen LogP contribution in [0, 0.1) is 12.7 Å². The number of amides is 1. The van der Waals surface area contributed by atoms with E-state index in [-0.39, 0.29) is 5.56 Å².